The fraction of sp³-hybridized carbons (Fsp3) is 0.667. The number of carbonyl (C=O) groups is 1. The van der Waals surface area contributed by atoms with E-state index >= 15 is 0 Å². The first-order valence-corrected chi connectivity index (χ1v) is 6.60. The van der Waals surface area contributed by atoms with Crippen LogP contribution in [-0.4, -0.2) is 14.7 Å². The number of rotatable bonds is 5. The molecule has 0 aromatic carbocycles. The Bertz CT molecular complexity index is 209. The van der Waals surface area contributed by atoms with Gasteiger partial charge in [0, 0.05) is 0 Å². The second-order valence-corrected chi connectivity index (χ2v) is 9.81. The van der Waals surface area contributed by atoms with Crippen LogP contribution in [0.2, 0.25) is 0 Å². The second kappa shape index (κ2) is 7.01. The van der Waals surface area contributed by atoms with Crippen molar-refractivity contribution >= 4 is 53.8 Å². The lowest BCUT2D eigenvalue weighted by molar-refractivity contribution is -0.141. The number of ether oxygens (including phenoxy) is 1. The Balaban J connectivity index is 3.46. The molecule has 0 heterocycles. The number of carbonyl (C=O) groups excluding carboxylic acids is 1. The van der Waals surface area contributed by atoms with Gasteiger partial charge in [-0.15, -0.1) is 6.58 Å². The van der Waals surface area contributed by atoms with E-state index in [9.17, 15) is 4.79 Å². The summed E-state index contributed by atoms with van der Waals surface area (Å²) in [5.41, 5.74) is 1.16. The molecule has 0 atom stereocenters. The molecule has 0 amide bonds. The van der Waals surface area contributed by atoms with Gasteiger partial charge in [-0.05, 0) is 74.0 Å². The minimum absolute atomic E-state index is 0.368. The zero-order chi connectivity index (χ0) is 11.2. The third kappa shape index (κ3) is 8.00. The summed E-state index contributed by atoms with van der Waals surface area (Å²) < 4.78 is 4.04. The van der Waals surface area contributed by atoms with E-state index in [0.717, 1.165) is 24.8 Å². The van der Waals surface area contributed by atoms with Gasteiger partial charge in [0.25, 0.3) is 0 Å². The molecule has 0 aliphatic rings. The fourth-order valence-corrected chi connectivity index (χ4v) is 1.12. The van der Waals surface area contributed by atoms with Gasteiger partial charge >= 0.3 is 5.97 Å². The lowest BCUT2D eigenvalue weighted by Gasteiger charge is -2.11. The summed E-state index contributed by atoms with van der Waals surface area (Å²) in [6.07, 6.45) is 2.85. The van der Waals surface area contributed by atoms with Crippen molar-refractivity contribution in [3.63, 3.8) is 0 Å². The topological polar surface area (TPSA) is 26.3 Å². The number of allylic oxidation sites excluding steroid dienone is 1. The van der Waals surface area contributed by atoms with E-state index in [1.165, 1.54) is 0 Å². The molecule has 5 heteroatoms. The molecule has 0 aliphatic heterocycles. The molecule has 0 bridgehead atoms. The van der Waals surface area contributed by atoms with Crippen LogP contribution in [0.5, 0.6) is 0 Å². The molecule has 0 rings (SSSR count). The van der Waals surface area contributed by atoms with Crippen LogP contribution in [0.25, 0.3) is 0 Å². The van der Waals surface area contributed by atoms with E-state index < -0.39 is 2.14 Å². The molecule has 0 unspecified atom stereocenters. The van der Waals surface area contributed by atoms with Crippen LogP contribution in [0, 0.1) is 0 Å². The van der Waals surface area contributed by atoms with Crippen LogP contribution in [0.1, 0.15) is 26.2 Å². The minimum atomic E-state index is -0.943. The van der Waals surface area contributed by atoms with E-state index in [4.69, 9.17) is 4.74 Å². The molecule has 0 N–H and O–H groups in total. The summed E-state index contributed by atoms with van der Waals surface area (Å²) in [5, 5.41) is 0. The molecule has 0 radical (unpaired) electrons. The first-order chi connectivity index (χ1) is 6.34. The SMILES string of the molecule is C=C(C)CCCCOC(=O)C(Br)(Br)Br. The van der Waals surface area contributed by atoms with Gasteiger partial charge in [-0.25, -0.2) is 4.79 Å². The zero-order valence-electron chi connectivity index (χ0n) is 7.99. The summed E-state index contributed by atoms with van der Waals surface area (Å²) in [7, 11) is 0. The number of hydrogen-bond donors (Lipinski definition) is 0. The molecular formula is C9H13Br3O2. The highest BCUT2D eigenvalue weighted by Crippen LogP contribution is 2.34. The summed E-state index contributed by atoms with van der Waals surface area (Å²) in [4.78, 5) is 11.2. The molecule has 0 spiro atoms. The van der Waals surface area contributed by atoms with E-state index in [2.05, 4.69) is 54.4 Å². The van der Waals surface area contributed by atoms with Gasteiger partial charge in [0.2, 0.25) is 2.14 Å². The largest absolute Gasteiger partial charge is 0.463 e. The summed E-state index contributed by atoms with van der Waals surface area (Å²) in [6.45, 7) is 6.23. The first-order valence-electron chi connectivity index (χ1n) is 4.22. The molecule has 2 nitrogen and oxygen atoms in total. The molecule has 0 aromatic rings. The maximum absolute atomic E-state index is 11.2. The molecule has 0 fully saturated rings. The van der Waals surface area contributed by atoms with Gasteiger partial charge in [0.05, 0.1) is 6.61 Å². The Hall–Kier alpha value is 0.650. The standard InChI is InChI=1S/C9H13Br3O2/c1-7(2)5-3-4-6-14-8(13)9(10,11)12/h1,3-6H2,2H3. The first kappa shape index (κ1) is 14.6. The Morgan fingerprint density at radius 3 is 2.36 bits per heavy atom. The monoisotopic (exact) mass is 390 g/mol. The highest BCUT2D eigenvalue weighted by atomic mass is 80.0. The number of hydrogen-bond acceptors (Lipinski definition) is 2. The predicted molar refractivity (Wildman–Crippen MR) is 69.1 cm³/mol. The summed E-state index contributed by atoms with van der Waals surface area (Å²) in [6, 6.07) is 0. The molecule has 14 heavy (non-hydrogen) atoms. The average molecular weight is 393 g/mol. The maximum atomic E-state index is 11.2. The van der Waals surface area contributed by atoms with Crippen molar-refractivity contribution in [2.75, 3.05) is 6.61 Å². The van der Waals surface area contributed by atoms with Crippen LogP contribution in [0.15, 0.2) is 12.2 Å². The Labute approximate surface area is 110 Å². The normalized spacial score (nSPS) is 11.1. The predicted octanol–water partition coefficient (Wildman–Crippen LogP) is 4.11. The lowest BCUT2D eigenvalue weighted by atomic mass is 10.1. The molecule has 82 valence electrons. The van der Waals surface area contributed by atoms with Crippen LogP contribution < -0.4 is 0 Å². The van der Waals surface area contributed by atoms with Crippen LogP contribution in [-0.2, 0) is 9.53 Å². The Kier molecular flexibility index (Phi) is 7.34. The van der Waals surface area contributed by atoms with Gasteiger partial charge in [-0.2, -0.15) is 0 Å². The Morgan fingerprint density at radius 1 is 1.36 bits per heavy atom. The fourth-order valence-electron chi connectivity index (χ4n) is 0.776. The summed E-state index contributed by atoms with van der Waals surface area (Å²) in [5.74, 6) is -0.368. The minimum Gasteiger partial charge on any atom is -0.463 e. The van der Waals surface area contributed by atoms with Crippen molar-refractivity contribution in [1.29, 1.82) is 0 Å². The van der Waals surface area contributed by atoms with Crippen molar-refractivity contribution in [3.8, 4) is 0 Å². The third-order valence-corrected chi connectivity index (χ3v) is 2.43. The lowest BCUT2D eigenvalue weighted by Crippen LogP contribution is -2.20. The van der Waals surface area contributed by atoms with Crippen molar-refractivity contribution in [3.05, 3.63) is 12.2 Å². The van der Waals surface area contributed by atoms with Crippen molar-refractivity contribution in [2.24, 2.45) is 0 Å². The van der Waals surface area contributed by atoms with Gasteiger partial charge in [0.15, 0.2) is 0 Å². The van der Waals surface area contributed by atoms with Crippen LogP contribution in [0.4, 0.5) is 0 Å². The van der Waals surface area contributed by atoms with Gasteiger partial charge in [0.1, 0.15) is 0 Å². The third-order valence-electron chi connectivity index (χ3n) is 1.46. The van der Waals surface area contributed by atoms with Crippen LogP contribution in [0.3, 0.4) is 0 Å². The van der Waals surface area contributed by atoms with Crippen molar-refractivity contribution in [1.82, 2.24) is 0 Å². The van der Waals surface area contributed by atoms with Gasteiger partial charge in [-0.3, -0.25) is 0 Å². The van der Waals surface area contributed by atoms with E-state index in [1.54, 1.807) is 0 Å². The molecular weight excluding hydrogens is 380 g/mol. The Morgan fingerprint density at radius 2 is 1.93 bits per heavy atom. The van der Waals surface area contributed by atoms with E-state index in [-0.39, 0.29) is 5.97 Å². The van der Waals surface area contributed by atoms with Crippen molar-refractivity contribution in [2.45, 2.75) is 28.3 Å². The van der Waals surface area contributed by atoms with Gasteiger partial charge in [-0.1, -0.05) is 5.57 Å². The van der Waals surface area contributed by atoms with Crippen LogP contribution >= 0.6 is 47.8 Å². The molecule has 0 saturated carbocycles. The van der Waals surface area contributed by atoms with Crippen molar-refractivity contribution < 1.29 is 9.53 Å². The number of esters is 1. The second-order valence-electron chi connectivity index (χ2n) is 3.05. The molecule has 0 aromatic heterocycles. The number of alkyl halides is 3. The highest BCUT2D eigenvalue weighted by molar-refractivity contribution is 9.40. The zero-order valence-corrected chi connectivity index (χ0v) is 12.7. The quantitative estimate of drug-likeness (QED) is 0.304. The van der Waals surface area contributed by atoms with Gasteiger partial charge < -0.3 is 4.74 Å². The smallest absolute Gasteiger partial charge is 0.344 e. The summed E-state index contributed by atoms with van der Waals surface area (Å²) >= 11 is 9.24. The highest BCUT2D eigenvalue weighted by Gasteiger charge is 2.30. The maximum Gasteiger partial charge on any atom is 0.344 e. The molecule has 0 aliphatic carbocycles. The van der Waals surface area contributed by atoms with E-state index in [1.807, 2.05) is 6.92 Å². The molecule has 0 saturated heterocycles. The average Bonchev–Trinajstić information content (AvgIpc) is 2.01. The number of unbranched alkanes of at least 4 members (excludes halogenated alkanes) is 1. The van der Waals surface area contributed by atoms with E-state index in [0.29, 0.717) is 6.61 Å². The number of halogens is 3.